The zero-order valence-electron chi connectivity index (χ0n) is 11.6. The van der Waals surface area contributed by atoms with Crippen LogP contribution in [0.25, 0.3) is 0 Å². The van der Waals surface area contributed by atoms with Gasteiger partial charge in [-0.3, -0.25) is 9.59 Å². The summed E-state index contributed by atoms with van der Waals surface area (Å²) in [5, 5.41) is 2.42. The predicted molar refractivity (Wildman–Crippen MR) is 77.2 cm³/mol. The molecular formula is C14H16F2N2O2S. The molecule has 2 rings (SSSR count). The molecule has 7 heteroatoms. The van der Waals surface area contributed by atoms with E-state index in [-0.39, 0.29) is 5.91 Å². The number of hydrogen-bond acceptors (Lipinski definition) is 3. The van der Waals surface area contributed by atoms with E-state index in [0.29, 0.717) is 13.1 Å². The van der Waals surface area contributed by atoms with Crippen molar-refractivity contribution in [2.24, 2.45) is 0 Å². The number of rotatable bonds is 3. The van der Waals surface area contributed by atoms with Crippen molar-refractivity contribution in [3.05, 3.63) is 35.4 Å². The molecule has 1 N–H and O–H groups in total. The fourth-order valence-corrected chi connectivity index (χ4v) is 2.97. The number of nitrogens with one attached hydrogen (secondary N) is 1. The van der Waals surface area contributed by atoms with Crippen molar-refractivity contribution in [2.75, 3.05) is 24.6 Å². The van der Waals surface area contributed by atoms with E-state index < -0.39 is 29.1 Å². The van der Waals surface area contributed by atoms with Gasteiger partial charge in [0, 0.05) is 24.6 Å². The van der Waals surface area contributed by atoms with Crippen molar-refractivity contribution in [2.45, 2.75) is 13.0 Å². The number of nitrogens with zero attached hydrogens (tertiary/aromatic N) is 1. The third-order valence-electron chi connectivity index (χ3n) is 3.21. The normalized spacial score (nSPS) is 16.4. The van der Waals surface area contributed by atoms with Crippen LogP contribution in [0.15, 0.2) is 18.2 Å². The summed E-state index contributed by atoms with van der Waals surface area (Å²) in [7, 11) is 0. The number of hydrogen-bond donors (Lipinski definition) is 1. The highest BCUT2D eigenvalue weighted by molar-refractivity contribution is 7.99. The van der Waals surface area contributed by atoms with Gasteiger partial charge in [0.1, 0.15) is 17.7 Å². The molecule has 4 nitrogen and oxygen atoms in total. The lowest BCUT2D eigenvalue weighted by atomic mass is 10.1. The second-order valence-electron chi connectivity index (χ2n) is 4.76. The summed E-state index contributed by atoms with van der Waals surface area (Å²) in [6.45, 7) is 2.81. The van der Waals surface area contributed by atoms with Gasteiger partial charge in [0.15, 0.2) is 0 Å². The van der Waals surface area contributed by atoms with Gasteiger partial charge in [0.05, 0.1) is 5.56 Å². The Labute approximate surface area is 125 Å². The second kappa shape index (κ2) is 6.89. The number of carbonyl (C=O) groups is 2. The highest BCUT2D eigenvalue weighted by Crippen LogP contribution is 2.12. The van der Waals surface area contributed by atoms with Crippen molar-refractivity contribution in [1.29, 1.82) is 0 Å². The molecule has 1 fully saturated rings. The average Bonchev–Trinajstić information content (AvgIpc) is 2.49. The SMILES string of the molecule is CC(NC(=O)c1cc(F)ccc1F)C(=O)N1CCSCC1. The van der Waals surface area contributed by atoms with E-state index in [4.69, 9.17) is 0 Å². The monoisotopic (exact) mass is 314 g/mol. The van der Waals surface area contributed by atoms with Crippen LogP contribution >= 0.6 is 11.8 Å². The Kier molecular flexibility index (Phi) is 5.17. The highest BCUT2D eigenvalue weighted by atomic mass is 32.2. The van der Waals surface area contributed by atoms with Crippen molar-refractivity contribution >= 4 is 23.6 Å². The Morgan fingerprint density at radius 1 is 1.29 bits per heavy atom. The van der Waals surface area contributed by atoms with Gasteiger partial charge >= 0.3 is 0 Å². The Balaban J connectivity index is 2.01. The minimum absolute atomic E-state index is 0.208. The van der Waals surface area contributed by atoms with Crippen molar-refractivity contribution in [3.8, 4) is 0 Å². The predicted octanol–water partition coefficient (Wildman–Crippen LogP) is 1.66. The summed E-state index contributed by atoms with van der Waals surface area (Å²) in [6.07, 6.45) is 0. The first-order chi connectivity index (χ1) is 9.99. The van der Waals surface area contributed by atoms with Crippen LogP contribution in [0.4, 0.5) is 8.78 Å². The van der Waals surface area contributed by atoms with E-state index in [0.717, 1.165) is 29.7 Å². The molecule has 1 atom stereocenters. The molecule has 0 radical (unpaired) electrons. The van der Waals surface area contributed by atoms with E-state index in [2.05, 4.69) is 5.32 Å². The van der Waals surface area contributed by atoms with E-state index >= 15 is 0 Å². The topological polar surface area (TPSA) is 49.4 Å². The minimum Gasteiger partial charge on any atom is -0.340 e. The van der Waals surface area contributed by atoms with Crippen molar-refractivity contribution in [1.82, 2.24) is 10.2 Å². The molecule has 1 unspecified atom stereocenters. The Morgan fingerprint density at radius 2 is 1.95 bits per heavy atom. The first-order valence-electron chi connectivity index (χ1n) is 6.61. The van der Waals surface area contributed by atoms with Gasteiger partial charge in [-0.05, 0) is 25.1 Å². The van der Waals surface area contributed by atoms with Gasteiger partial charge < -0.3 is 10.2 Å². The molecule has 114 valence electrons. The van der Waals surface area contributed by atoms with Crippen LogP contribution in [0, 0.1) is 11.6 Å². The van der Waals surface area contributed by atoms with Gasteiger partial charge in [-0.15, -0.1) is 0 Å². The average molecular weight is 314 g/mol. The summed E-state index contributed by atoms with van der Waals surface area (Å²) in [5.41, 5.74) is -0.399. The Bertz CT molecular complexity index is 548. The molecule has 1 aromatic rings. The van der Waals surface area contributed by atoms with Crippen molar-refractivity contribution in [3.63, 3.8) is 0 Å². The number of carbonyl (C=O) groups excluding carboxylic acids is 2. The quantitative estimate of drug-likeness (QED) is 0.923. The highest BCUT2D eigenvalue weighted by Gasteiger charge is 2.24. The standard InChI is InChI=1S/C14H16F2N2O2S/c1-9(14(20)18-4-6-21-7-5-18)17-13(19)11-8-10(15)2-3-12(11)16/h2-3,8-9H,4-7H2,1H3,(H,17,19). The minimum atomic E-state index is -0.817. The molecule has 0 bridgehead atoms. The Hall–Kier alpha value is -1.63. The van der Waals surface area contributed by atoms with E-state index in [1.165, 1.54) is 0 Å². The molecule has 2 amide bonds. The van der Waals surface area contributed by atoms with Gasteiger partial charge in [0.25, 0.3) is 5.91 Å². The second-order valence-corrected chi connectivity index (χ2v) is 5.98. The molecule has 1 aliphatic heterocycles. The number of halogens is 2. The van der Waals surface area contributed by atoms with E-state index in [1.54, 1.807) is 23.6 Å². The maximum atomic E-state index is 13.5. The summed E-state index contributed by atoms with van der Waals surface area (Å²) >= 11 is 1.77. The van der Waals surface area contributed by atoms with Gasteiger partial charge in [-0.1, -0.05) is 0 Å². The van der Waals surface area contributed by atoms with Crippen LogP contribution in [0.5, 0.6) is 0 Å². The summed E-state index contributed by atoms with van der Waals surface area (Å²) in [4.78, 5) is 25.7. The fraction of sp³-hybridized carbons (Fsp3) is 0.429. The molecule has 0 spiro atoms. The smallest absolute Gasteiger partial charge is 0.255 e. The molecule has 1 saturated heterocycles. The summed E-state index contributed by atoms with van der Waals surface area (Å²) < 4.78 is 26.6. The Morgan fingerprint density at radius 3 is 2.62 bits per heavy atom. The maximum absolute atomic E-state index is 13.5. The fourth-order valence-electron chi connectivity index (χ4n) is 2.07. The molecule has 21 heavy (non-hydrogen) atoms. The molecular weight excluding hydrogens is 298 g/mol. The molecule has 1 aliphatic rings. The zero-order valence-corrected chi connectivity index (χ0v) is 12.4. The van der Waals surface area contributed by atoms with E-state index in [9.17, 15) is 18.4 Å². The molecule has 0 aromatic heterocycles. The lowest BCUT2D eigenvalue weighted by Gasteiger charge is -2.29. The largest absolute Gasteiger partial charge is 0.340 e. The molecule has 0 saturated carbocycles. The first-order valence-corrected chi connectivity index (χ1v) is 7.77. The van der Waals surface area contributed by atoms with Crippen LogP contribution in [0.2, 0.25) is 0 Å². The third-order valence-corrected chi connectivity index (χ3v) is 4.16. The number of thioether (sulfide) groups is 1. The van der Waals surface area contributed by atoms with Crippen LogP contribution in [-0.2, 0) is 4.79 Å². The van der Waals surface area contributed by atoms with Gasteiger partial charge in [-0.25, -0.2) is 8.78 Å². The molecule has 1 aromatic carbocycles. The molecule has 1 heterocycles. The lowest BCUT2D eigenvalue weighted by molar-refractivity contribution is -0.132. The van der Waals surface area contributed by atoms with Gasteiger partial charge in [-0.2, -0.15) is 11.8 Å². The number of benzene rings is 1. The van der Waals surface area contributed by atoms with Crippen LogP contribution in [0.3, 0.4) is 0 Å². The zero-order chi connectivity index (χ0) is 15.4. The third kappa shape index (κ3) is 3.93. The maximum Gasteiger partial charge on any atom is 0.255 e. The van der Waals surface area contributed by atoms with Crippen LogP contribution in [-0.4, -0.2) is 47.4 Å². The van der Waals surface area contributed by atoms with Crippen LogP contribution < -0.4 is 5.32 Å². The van der Waals surface area contributed by atoms with E-state index in [1.807, 2.05) is 0 Å². The first kappa shape index (κ1) is 15.8. The summed E-state index contributed by atoms with van der Waals surface area (Å²) in [5.74, 6) is -0.785. The van der Waals surface area contributed by atoms with Crippen molar-refractivity contribution < 1.29 is 18.4 Å². The van der Waals surface area contributed by atoms with Crippen LogP contribution in [0.1, 0.15) is 17.3 Å². The van der Waals surface area contributed by atoms with Gasteiger partial charge in [0.2, 0.25) is 5.91 Å². The number of amides is 2. The lowest BCUT2D eigenvalue weighted by Crippen LogP contribution is -2.49. The molecule has 0 aliphatic carbocycles. The summed E-state index contributed by atoms with van der Waals surface area (Å²) in [6, 6.07) is 1.87.